The predicted molar refractivity (Wildman–Crippen MR) is 59.2 cm³/mol. The lowest BCUT2D eigenvalue weighted by Crippen LogP contribution is -1.95. The molecule has 1 aromatic carbocycles. The van der Waals surface area contributed by atoms with Gasteiger partial charge in [0.15, 0.2) is 0 Å². The summed E-state index contributed by atoms with van der Waals surface area (Å²) in [6.07, 6.45) is 1.25. The molecule has 0 saturated carbocycles. The summed E-state index contributed by atoms with van der Waals surface area (Å²) in [4.78, 5) is 0. The standard InChI is InChI=1S/C8H9N3.C3H8/c1-2-11-8-6-4-3-5-7(8)9-10-11;1-3-2/h3-6H,2H2,1H3;3H2,1-2H3. The molecule has 0 aliphatic carbocycles. The van der Waals surface area contributed by atoms with Crippen LogP contribution in [0.25, 0.3) is 11.0 Å². The van der Waals surface area contributed by atoms with Gasteiger partial charge >= 0.3 is 0 Å². The van der Waals surface area contributed by atoms with Crippen LogP contribution in [-0.4, -0.2) is 15.0 Å². The highest BCUT2D eigenvalue weighted by molar-refractivity contribution is 5.73. The maximum Gasteiger partial charge on any atom is 0.113 e. The van der Waals surface area contributed by atoms with Gasteiger partial charge in [0.2, 0.25) is 0 Å². The van der Waals surface area contributed by atoms with Gasteiger partial charge < -0.3 is 0 Å². The molecule has 2 rings (SSSR count). The Kier molecular flexibility index (Phi) is 4.11. The van der Waals surface area contributed by atoms with E-state index in [1.807, 2.05) is 28.9 Å². The minimum absolute atomic E-state index is 0.876. The highest BCUT2D eigenvalue weighted by Crippen LogP contribution is 2.08. The van der Waals surface area contributed by atoms with E-state index in [1.54, 1.807) is 0 Å². The van der Waals surface area contributed by atoms with Gasteiger partial charge in [-0.2, -0.15) is 0 Å². The van der Waals surface area contributed by atoms with Crippen molar-refractivity contribution in [3.8, 4) is 0 Å². The van der Waals surface area contributed by atoms with Gasteiger partial charge in [0, 0.05) is 6.54 Å². The summed E-state index contributed by atoms with van der Waals surface area (Å²) >= 11 is 0. The van der Waals surface area contributed by atoms with E-state index in [0.717, 1.165) is 17.6 Å². The molecule has 0 fully saturated rings. The maximum absolute atomic E-state index is 4.00. The van der Waals surface area contributed by atoms with Crippen LogP contribution in [0.15, 0.2) is 24.3 Å². The van der Waals surface area contributed by atoms with Crippen molar-refractivity contribution in [3.63, 3.8) is 0 Å². The lowest BCUT2D eigenvalue weighted by molar-refractivity contribution is 0.646. The summed E-state index contributed by atoms with van der Waals surface area (Å²) in [6, 6.07) is 7.96. The van der Waals surface area contributed by atoms with Gasteiger partial charge in [-0.1, -0.05) is 37.6 Å². The SMILES string of the molecule is CCC.CCn1nnc2ccccc21. The van der Waals surface area contributed by atoms with Crippen LogP contribution in [0, 0.1) is 0 Å². The summed E-state index contributed by atoms with van der Waals surface area (Å²) in [7, 11) is 0. The predicted octanol–water partition coefficient (Wildman–Crippen LogP) is 2.87. The van der Waals surface area contributed by atoms with Crippen molar-refractivity contribution in [1.29, 1.82) is 0 Å². The van der Waals surface area contributed by atoms with Gasteiger partial charge in [-0.15, -0.1) is 5.10 Å². The normalized spacial score (nSPS) is 9.64. The Bertz CT molecular complexity index is 379. The Morgan fingerprint density at radius 1 is 1.14 bits per heavy atom. The Hall–Kier alpha value is -1.38. The molecule has 3 heteroatoms. The molecule has 3 nitrogen and oxygen atoms in total. The van der Waals surface area contributed by atoms with Gasteiger partial charge in [-0.3, -0.25) is 0 Å². The largest absolute Gasteiger partial charge is 0.245 e. The van der Waals surface area contributed by atoms with Crippen LogP contribution in [0.5, 0.6) is 0 Å². The molecule has 0 unspecified atom stereocenters. The Balaban J connectivity index is 0.000000293. The zero-order valence-electron chi connectivity index (χ0n) is 9.07. The zero-order chi connectivity index (χ0) is 10.4. The average Bonchev–Trinajstić information content (AvgIpc) is 2.62. The molecule has 0 N–H and O–H groups in total. The summed E-state index contributed by atoms with van der Waals surface area (Å²) in [5.74, 6) is 0. The number of benzene rings is 1. The number of para-hydroxylation sites is 1. The van der Waals surface area contributed by atoms with Crippen molar-refractivity contribution < 1.29 is 0 Å². The second kappa shape index (κ2) is 5.37. The van der Waals surface area contributed by atoms with Gasteiger partial charge in [0.25, 0.3) is 0 Å². The van der Waals surface area contributed by atoms with Crippen LogP contribution in [0.1, 0.15) is 27.2 Å². The summed E-state index contributed by atoms with van der Waals surface area (Å²) in [5, 5.41) is 7.98. The fourth-order valence-corrected chi connectivity index (χ4v) is 1.15. The van der Waals surface area contributed by atoms with Crippen molar-refractivity contribution in [2.24, 2.45) is 0 Å². The number of fused-ring (bicyclic) bond motifs is 1. The third kappa shape index (κ3) is 2.31. The third-order valence-corrected chi connectivity index (χ3v) is 1.72. The smallest absolute Gasteiger partial charge is 0.113 e. The highest BCUT2D eigenvalue weighted by atomic mass is 15.4. The summed E-state index contributed by atoms with van der Waals surface area (Å²) in [5.41, 5.74) is 2.07. The van der Waals surface area contributed by atoms with Crippen LogP contribution >= 0.6 is 0 Å². The quantitative estimate of drug-likeness (QED) is 0.694. The van der Waals surface area contributed by atoms with Crippen molar-refractivity contribution >= 4 is 11.0 Å². The number of aromatic nitrogens is 3. The molecule has 0 atom stereocenters. The van der Waals surface area contributed by atoms with E-state index < -0.39 is 0 Å². The first-order chi connectivity index (χ1) is 6.83. The molecule has 0 aliphatic heterocycles. The van der Waals surface area contributed by atoms with E-state index in [9.17, 15) is 0 Å². The number of nitrogens with zero attached hydrogens (tertiary/aromatic N) is 3. The van der Waals surface area contributed by atoms with Crippen LogP contribution in [-0.2, 0) is 6.54 Å². The average molecular weight is 191 g/mol. The first-order valence-electron chi connectivity index (χ1n) is 5.11. The molecule has 14 heavy (non-hydrogen) atoms. The van der Waals surface area contributed by atoms with Crippen LogP contribution in [0.2, 0.25) is 0 Å². The van der Waals surface area contributed by atoms with E-state index in [0.29, 0.717) is 0 Å². The summed E-state index contributed by atoms with van der Waals surface area (Å²) < 4.78 is 1.88. The first kappa shape index (κ1) is 10.7. The lowest BCUT2D eigenvalue weighted by atomic mass is 10.3. The van der Waals surface area contributed by atoms with E-state index in [-0.39, 0.29) is 0 Å². The van der Waals surface area contributed by atoms with Crippen LogP contribution < -0.4 is 0 Å². The molecule has 0 spiro atoms. The van der Waals surface area contributed by atoms with E-state index in [4.69, 9.17) is 0 Å². The topological polar surface area (TPSA) is 30.7 Å². The molecule has 0 aliphatic rings. The fourth-order valence-electron chi connectivity index (χ4n) is 1.15. The lowest BCUT2D eigenvalue weighted by Gasteiger charge is -1.93. The number of hydrogen-bond acceptors (Lipinski definition) is 2. The molecule has 2 aromatic rings. The minimum atomic E-state index is 0.876. The maximum atomic E-state index is 4.00. The van der Waals surface area contributed by atoms with Crippen LogP contribution in [0.3, 0.4) is 0 Å². The molecule has 1 aromatic heterocycles. The van der Waals surface area contributed by atoms with Crippen molar-refractivity contribution in [2.45, 2.75) is 33.7 Å². The Morgan fingerprint density at radius 2 is 1.79 bits per heavy atom. The molecule has 0 radical (unpaired) electrons. The minimum Gasteiger partial charge on any atom is -0.245 e. The Morgan fingerprint density at radius 3 is 2.43 bits per heavy atom. The second-order valence-corrected chi connectivity index (χ2v) is 3.10. The number of rotatable bonds is 1. The Labute approximate surface area is 84.7 Å². The van der Waals surface area contributed by atoms with Crippen molar-refractivity contribution in [3.05, 3.63) is 24.3 Å². The van der Waals surface area contributed by atoms with Crippen LogP contribution in [0.4, 0.5) is 0 Å². The monoisotopic (exact) mass is 191 g/mol. The highest BCUT2D eigenvalue weighted by Gasteiger charge is 1.98. The van der Waals surface area contributed by atoms with Gasteiger partial charge in [-0.05, 0) is 19.1 Å². The fraction of sp³-hybridized carbons (Fsp3) is 0.455. The third-order valence-electron chi connectivity index (χ3n) is 1.72. The van der Waals surface area contributed by atoms with Gasteiger partial charge in [-0.25, -0.2) is 4.68 Å². The molecule has 76 valence electrons. The molecular formula is C11H17N3. The molecular weight excluding hydrogens is 174 g/mol. The second-order valence-electron chi connectivity index (χ2n) is 3.10. The van der Waals surface area contributed by atoms with E-state index >= 15 is 0 Å². The summed E-state index contributed by atoms with van der Waals surface area (Å²) in [6.45, 7) is 7.18. The zero-order valence-corrected chi connectivity index (χ0v) is 9.07. The van der Waals surface area contributed by atoms with Crippen molar-refractivity contribution in [1.82, 2.24) is 15.0 Å². The molecule has 1 heterocycles. The van der Waals surface area contributed by atoms with Gasteiger partial charge in [0.05, 0.1) is 5.52 Å². The van der Waals surface area contributed by atoms with Crippen molar-refractivity contribution in [2.75, 3.05) is 0 Å². The molecule has 0 saturated heterocycles. The number of aryl methyl sites for hydroxylation is 1. The van der Waals surface area contributed by atoms with E-state index in [1.165, 1.54) is 6.42 Å². The van der Waals surface area contributed by atoms with Gasteiger partial charge in [0.1, 0.15) is 5.52 Å². The van der Waals surface area contributed by atoms with E-state index in [2.05, 4.69) is 31.1 Å². The first-order valence-corrected chi connectivity index (χ1v) is 5.11. The number of hydrogen-bond donors (Lipinski definition) is 0. The molecule has 0 bridgehead atoms. The molecule has 0 amide bonds.